The van der Waals surface area contributed by atoms with Gasteiger partial charge in [-0.1, -0.05) is 11.3 Å². The molecule has 0 aromatic carbocycles. The average Bonchev–Trinajstić information content (AvgIpc) is 2.84. The highest BCUT2D eigenvalue weighted by Crippen LogP contribution is 2.24. The molecule has 2 atom stereocenters. The summed E-state index contributed by atoms with van der Waals surface area (Å²) in [5.41, 5.74) is 2.47. The van der Waals surface area contributed by atoms with Crippen LogP contribution in [0.1, 0.15) is 30.7 Å². The molecule has 2 rings (SSSR count). The number of nitrogen functional groups attached to an aromatic ring is 1. The van der Waals surface area contributed by atoms with E-state index in [1.165, 1.54) is 11.3 Å². The Morgan fingerprint density at radius 3 is 2.94 bits per heavy atom. The van der Waals surface area contributed by atoms with Gasteiger partial charge in [0.15, 0.2) is 0 Å². The molecule has 1 saturated carbocycles. The van der Waals surface area contributed by atoms with Crippen molar-refractivity contribution in [2.45, 2.75) is 44.5 Å². The standard InChI is InChI=1S/C10H18N4O2S/c1-15-7-3-2-4-8(5-7)16-6-9-13-14-10(12-11)17-9/h7-8H,2-6,11H2,1H3,(H,12,14). The second-order valence-corrected chi connectivity index (χ2v) is 5.16. The minimum absolute atomic E-state index is 0.270. The van der Waals surface area contributed by atoms with Gasteiger partial charge in [0, 0.05) is 7.11 Å². The number of nitrogens with two attached hydrogens (primary N) is 1. The van der Waals surface area contributed by atoms with Crippen LogP contribution in [-0.4, -0.2) is 29.5 Å². The first kappa shape index (κ1) is 12.7. The van der Waals surface area contributed by atoms with E-state index in [0.717, 1.165) is 30.7 Å². The Hall–Kier alpha value is -0.760. The van der Waals surface area contributed by atoms with Gasteiger partial charge >= 0.3 is 0 Å². The third-order valence-electron chi connectivity index (χ3n) is 2.94. The molecule has 0 bridgehead atoms. The summed E-state index contributed by atoms with van der Waals surface area (Å²) in [7, 11) is 1.76. The largest absolute Gasteiger partial charge is 0.381 e. The second-order valence-electron chi connectivity index (χ2n) is 4.10. The maximum absolute atomic E-state index is 5.82. The molecule has 6 nitrogen and oxygen atoms in total. The van der Waals surface area contributed by atoms with Crippen molar-refractivity contribution >= 4 is 16.5 Å². The number of ether oxygens (including phenoxy) is 2. The quantitative estimate of drug-likeness (QED) is 0.612. The van der Waals surface area contributed by atoms with Gasteiger partial charge in [-0.15, -0.1) is 10.2 Å². The lowest BCUT2D eigenvalue weighted by Crippen LogP contribution is -2.27. The highest BCUT2D eigenvalue weighted by molar-refractivity contribution is 7.15. The number of hydrogen-bond donors (Lipinski definition) is 2. The average molecular weight is 258 g/mol. The van der Waals surface area contributed by atoms with E-state index in [0.29, 0.717) is 17.8 Å². The van der Waals surface area contributed by atoms with E-state index >= 15 is 0 Å². The molecule has 0 aliphatic heterocycles. The summed E-state index contributed by atoms with van der Waals surface area (Å²) in [5.74, 6) is 5.24. The van der Waals surface area contributed by atoms with E-state index in [4.69, 9.17) is 15.3 Å². The molecule has 1 aromatic heterocycles. The van der Waals surface area contributed by atoms with Gasteiger partial charge in [0.1, 0.15) is 11.6 Å². The molecule has 0 amide bonds. The minimum Gasteiger partial charge on any atom is -0.381 e. The lowest BCUT2D eigenvalue weighted by Gasteiger charge is -2.27. The summed E-state index contributed by atoms with van der Waals surface area (Å²) in [4.78, 5) is 0. The van der Waals surface area contributed by atoms with E-state index in [9.17, 15) is 0 Å². The first-order valence-electron chi connectivity index (χ1n) is 5.75. The summed E-state index contributed by atoms with van der Waals surface area (Å²) in [6.07, 6.45) is 4.97. The topological polar surface area (TPSA) is 82.3 Å². The van der Waals surface area contributed by atoms with Crippen LogP contribution in [0.25, 0.3) is 0 Å². The van der Waals surface area contributed by atoms with Crippen molar-refractivity contribution in [3.8, 4) is 0 Å². The molecule has 0 radical (unpaired) electrons. The van der Waals surface area contributed by atoms with E-state index in [2.05, 4.69) is 15.6 Å². The Morgan fingerprint density at radius 2 is 2.24 bits per heavy atom. The van der Waals surface area contributed by atoms with Crippen LogP contribution in [-0.2, 0) is 16.1 Å². The molecule has 1 heterocycles. The zero-order valence-electron chi connectivity index (χ0n) is 9.89. The van der Waals surface area contributed by atoms with Gasteiger partial charge in [0.25, 0.3) is 0 Å². The van der Waals surface area contributed by atoms with Crippen LogP contribution in [0.5, 0.6) is 0 Å². The zero-order chi connectivity index (χ0) is 12.1. The molecule has 96 valence electrons. The molecule has 3 N–H and O–H groups in total. The van der Waals surface area contributed by atoms with Crippen molar-refractivity contribution in [3.63, 3.8) is 0 Å². The lowest BCUT2D eigenvalue weighted by molar-refractivity contribution is -0.0364. The molecule has 7 heteroatoms. The lowest BCUT2D eigenvalue weighted by atomic mass is 9.95. The summed E-state index contributed by atoms with van der Waals surface area (Å²) < 4.78 is 11.2. The number of anilines is 1. The molecule has 2 unspecified atom stereocenters. The van der Waals surface area contributed by atoms with Crippen molar-refractivity contribution in [2.75, 3.05) is 12.5 Å². The Bertz CT molecular complexity index is 347. The van der Waals surface area contributed by atoms with Gasteiger partial charge in [0.2, 0.25) is 5.13 Å². The molecular weight excluding hydrogens is 240 g/mol. The maximum Gasteiger partial charge on any atom is 0.219 e. The monoisotopic (exact) mass is 258 g/mol. The van der Waals surface area contributed by atoms with E-state index < -0.39 is 0 Å². The first-order chi connectivity index (χ1) is 8.31. The number of nitrogens with zero attached hydrogens (tertiary/aromatic N) is 2. The summed E-state index contributed by atoms with van der Waals surface area (Å²) in [6.45, 7) is 0.500. The van der Waals surface area contributed by atoms with Crippen molar-refractivity contribution in [1.82, 2.24) is 10.2 Å². The number of hydrazine groups is 1. The van der Waals surface area contributed by atoms with Crippen molar-refractivity contribution < 1.29 is 9.47 Å². The van der Waals surface area contributed by atoms with Crippen LogP contribution in [0, 0.1) is 0 Å². The van der Waals surface area contributed by atoms with Gasteiger partial charge < -0.3 is 9.47 Å². The van der Waals surface area contributed by atoms with Crippen LogP contribution in [0.3, 0.4) is 0 Å². The van der Waals surface area contributed by atoms with E-state index in [1.807, 2.05) is 0 Å². The molecule has 1 aromatic rings. The third-order valence-corrected chi connectivity index (χ3v) is 3.77. The SMILES string of the molecule is COC1CCCC(OCc2nnc(NN)s2)C1. The normalized spacial score (nSPS) is 24.8. The van der Waals surface area contributed by atoms with E-state index in [-0.39, 0.29) is 6.10 Å². The third kappa shape index (κ3) is 3.60. The predicted molar refractivity (Wildman–Crippen MR) is 65.6 cm³/mol. The fourth-order valence-corrected chi connectivity index (χ4v) is 2.60. The predicted octanol–water partition coefficient (Wildman–Crippen LogP) is 1.30. The van der Waals surface area contributed by atoms with Gasteiger partial charge in [-0.05, 0) is 25.7 Å². The van der Waals surface area contributed by atoms with E-state index in [1.54, 1.807) is 7.11 Å². The van der Waals surface area contributed by atoms with Crippen LogP contribution in [0.15, 0.2) is 0 Å². The molecular formula is C10H18N4O2S. The van der Waals surface area contributed by atoms with Crippen LogP contribution < -0.4 is 11.3 Å². The number of nitrogens with one attached hydrogen (secondary N) is 1. The fourth-order valence-electron chi connectivity index (χ4n) is 2.03. The van der Waals surface area contributed by atoms with Crippen molar-refractivity contribution in [1.29, 1.82) is 0 Å². The van der Waals surface area contributed by atoms with Gasteiger partial charge in [-0.2, -0.15) is 0 Å². The Labute approximate surface area is 104 Å². The molecule has 1 fully saturated rings. The Morgan fingerprint density at radius 1 is 1.41 bits per heavy atom. The highest BCUT2D eigenvalue weighted by atomic mass is 32.1. The summed E-state index contributed by atoms with van der Waals surface area (Å²) >= 11 is 1.41. The first-order valence-corrected chi connectivity index (χ1v) is 6.57. The van der Waals surface area contributed by atoms with Crippen molar-refractivity contribution in [2.24, 2.45) is 5.84 Å². The second kappa shape index (κ2) is 6.25. The summed E-state index contributed by atoms with van der Waals surface area (Å²) in [5, 5.41) is 9.30. The van der Waals surface area contributed by atoms with Gasteiger partial charge in [-0.25, -0.2) is 5.84 Å². The minimum atomic E-state index is 0.270. The van der Waals surface area contributed by atoms with Gasteiger partial charge in [-0.3, -0.25) is 5.43 Å². The van der Waals surface area contributed by atoms with Crippen LogP contribution >= 0.6 is 11.3 Å². The maximum atomic E-state index is 5.82. The highest BCUT2D eigenvalue weighted by Gasteiger charge is 2.22. The smallest absolute Gasteiger partial charge is 0.219 e. The fraction of sp³-hybridized carbons (Fsp3) is 0.800. The van der Waals surface area contributed by atoms with Gasteiger partial charge in [0.05, 0.1) is 12.2 Å². The number of aromatic nitrogens is 2. The number of methoxy groups -OCH3 is 1. The summed E-state index contributed by atoms with van der Waals surface area (Å²) in [6, 6.07) is 0. The van der Waals surface area contributed by atoms with Crippen molar-refractivity contribution in [3.05, 3.63) is 5.01 Å². The number of hydrogen-bond acceptors (Lipinski definition) is 7. The molecule has 0 saturated heterocycles. The Balaban J connectivity index is 1.77. The van der Waals surface area contributed by atoms with Crippen LogP contribution in [0.4, 0.5) is 5.13 Å². The molecule has 17 heavy (non-hydrogen) atoms. The molecule has 1 aliphatic carbocycles. The Kier molecular flexibility index (Phi) is 4.66. The molecule has 1 aliphatic rings. The number of rotatable bonds is 5. The molecule has 0 spiro atoms. The zero-order valence-corrected chi connectivity index (χ0v) is 10.7. The van der Waals surface area contributed by atoms with Crippen LogP contribution in [0.2, 0.25) is 0 Å².